The number of hydrogen-bond donors (Lipinski definition) is 1. The number of benzene rings is 1. The third-order valence-electron chi connectivity index (χ3n) is 3.64. The normalized spacial score (nSPS) is 12.6. The summed E-state index contributed by atoms with van der Waals surface area (Å²) in [6.45, 7) is 5.61. The summed E-state index contributed by atoms with van der Waals surface area (Å²) in [6.07, 6.45) is -0.530. The van der Waals surface area contributed by atoms with Gasteiger partial charge in [-0.1, -0.05) is 11.6 Å². The summed E-state index contributed by atoms with van der Waals surface area (Å²) in [6, 6.07) is 3.89. The first kappa shape index (κ1) is 16.0. The quantitative estimate of drug-likeness (QED) is 0.753. The predicted molar refractivity (Wildman–Crippen MR) is 90.2 cm³/mol. The molecule has 7 heteroatoms. The van der Waals surface area contributed by atoms with Crippen molar-refractivity contribution in [2.24, 2.45) is 0 Å². The molecule has 0 bridgehead atoms. The number of aromatic nitrogens is 2. The van der Waals surface area contributed by atoms with Crippen LogP contribution in [0.4, 0.5) is 4.39 Å². The minimum absolute atomic E-state index is 0.170. The summed E-state index contributed by atoms with van der Waals surface area (Å²) in [7, 11) is 0. The second kappa shape index (κ2) is 5.94. The maximum absolute atomic E-state index is 13.1. The lowest BCUT2D eigenvalue weighted by Gasteiger charge is -2.15. The van der Waals surface area contributed by atoms with Crippen molar-refractivity contribution in [2.45, 2.75) is 26.9 Å². The van der Waals surface area contributed by atoms with Crippen LogP contribution < -0.4 is 10.3 Å². The van der Waals surface area contributed by atoms with Gasteiger partial charge in [0.15, 0.2) is 11.9 Å². The highest BCUT2D eigenvalue weighted by molar-refractivity contribution is 7.18. The van der Waals surface area contributed by atoms with Gasteiger partial charge in [0.05, 0.1) is 10.4 Å². The Hall–Kier alpha value is -1.92. The Balaban J connectivity index is 1.98. The Morgan fingerprint density at radius 2 is 2.13 bits per heavy atom. The van der Waals surface area contributed by atoms with Crippen LogP contribution in [-0.4, -0.2) is 9.97 Å². The largest absolute Gasteiger partial charge is 0.481 e. The molecule has 0 radical (unpaired) electrons. The smallest absolute Gasteiger partial charge is 0.260 e. The number of fused-ring (bicyclic) bond motifs is 1. The topological polar surface area (TPSA) is 55.0 Å². The molecule has 4 nitrogen and oxygen atoms in total. The first-order valence-electron chi connectivity index (χ1n) is 6.98. The molecule has 2 aromatic heterocycles. The predicted octanol–water partition coefficient (Wildman–Crippen LogP) is 4.53. The number of rotatable bonds is 3. The average molecular weight is 353 g/mol. The highest BCUT2D eigenvalue weighted by Crippen LogP contribution is 2.30. The van der Waals surface area contributed by atoms with Gasteiger partial charge < -0.3 is 9.72 Å². The molecule has 0 unspecified atom stereocenters. The molecule has 0 saturated heterocycles. The summed E-state index contributed by atoms with van der Waals surface area (Å²) in [4.78, 5) is 21.3. The van der Waals surface area contributed by atoms with Crippen molar-refractivity contribution in [3.8, 4) is 5.75 Å². The Labute approximate surface area is 140 Å². The van der Waals surface area contributed by atoms with E-state index in [1.165, 1.54) is 29.5 Å². The number of ether oxygens (including phenoxy) is 1. The molecular weight excluding hydrogens is 339 g/mol. The zero-order chi connectivity index (χ0) is 16.7. The SMILES string of the molecule is Cc1sc2nc([C@@H](C)Oc3ccc(F)cc3Cl)[nH]c(=O)c2c1C. The second-order valence-electron chi connectivity index (χ2n) is 5.25. The van der Waals surface area contributed by atoms with Crippen molar-refractivity contribution >= 4 is 33.2 Å². The third kappa shape index (κ3) is 2.96. The molecule has 0 aliphatic rings. The summed E-state index contributed by atoms with van der Waals surface area (Å²) in [5.41, 5.74) is 0.757. The number of halogens is 2. The summed E-state index contributed by atoms with van der Waals surface area (Å²) in [5, 5.41) is 0.784. The van der Waals surface area contributed by atoms with E-state index in [1.54, 1.807) is 6.92 Å². The van der Waals surface area contributed by atoms with Crippen LogP contribution >= 0.6 is 22.9 Å². The zero-order valence-electron chi connectivity index (χ0n) is 12.7. The molecule has 120 valence electrons. The first-order valence-corrected chi connectivity index (χ1v) is 8.18. The molecule has 3 rings (SSSR count). The Morgan fingerprint density at radius 3 is 2.83 bits per heavy atom. The van der Waals surface area contributed by atoms with Crippen molar-refractivity contribution in [1.29, 1.82) is 0 Å². The first-order chi connectivity index (χ1) is 10.9. The van der Waals surface area contributed by atoms with Crippen molar-refractivity contribution in [3.63, 3.8) is 0 Å². The molecular formula is C16H14ClFN2O2S. The fourth-order valence-electron chi connectivity index (χ4n) is 2.28. The summed E-state index contributed by atoms with van der Waals surface area (Å²) in [5.74, 6) is 0.304. The van der Waals surface area contributed by atoms with E-state index >= 15 is 0 Å². The van der Waals surface area contributed by atoms with Gasteiger partial charge in [-0.2, -0.15) is 0 Å². The van der Waals surface area contributed by atoms with Crippen LogP contribution in [0.3, 0.4) is 0 Å². The molecule has 0 saturated carbocycles. The van der Waals surface area contributed by atoms with Gasteiger partial charge in [0, 0.05) is 4.88 Å². The Morgan fingerprint density at radius 1 is 1.39 bits per heavy atom. The fourth-order valence-corrected chi connectivity index (χ4v) is 3.53. The van der Waals surface area contributed by atoms with Gasteiger partial charge in [-0.05, 0) is 44.5 Å². The van der Waals surface area contributed by atoms with Crippen molar-refractivity contribution in [3.05, 3.63) is 55.7 Å². The second-order valence-corrected chi connectivity index (χ2v) is 6.86. The van der Waals surface area contributed by atoms with Gasteiger partial charge in [0.25, 0.3) is 5.56 Å². The van der Waals surface area contributed by atoms with Crippen LogP contribution in [0.1, 0.15) is 29.3 Å². The van der Waals surface area contributed by atoms with E-state index in [1.807, 2.05) is 13.8 Å². The van der Waals surface area contributed by atoms with Crippen LogP contribution in [0.25, 0.3) is 10.2 Å². The lowest BCUT2D eigenvalue weighted by atomic mass is 10.2. The van der Waals surface area contributed by atoms with Gasteiger partial charge in [-0.3, -0.25) is 4.79 Å². The van der Waals surface area contributed by atoms with E-state index in [4.69, 9.17) is 16.3 Å². The maximum atomic E-state index is 13.1. The highest BCUT2D eigenvalue weighted by Gasteiger charge is 2.17. The van der Waals surface area contributed by atoms with Crippen molar-refractivity contribution < 1.29 is 9.13 Å². The molecule has 0 aliphatic carbocycles. The number of aromatic amines is 1. The van der Waals surface area contributed by atoms with Crippen molar-refractivity contribution in [2.75, 3.05) is 0 Å². The fraction of sp³-hybridized carbons (Fsp3) is 0.250. The van der Waals surface area contributed by atoms with E-state index in [0.717, 1.165) is 10.4 Å². The van der Waals surface area contributed by atoms with Crippen LogP contribution in [0.15, 0.2) is 23.0 Å². The van der Waals surface area contributed by atoms with Crippen LogP contribution in [0, 0.1) is 19.7 Å². The van der Waals surface area contributed by atoms with E-state index < -0.39 is 11.9 Å². The molecule has 0 aliphatic heterocycles. The molecule has 1 N–H and O–H groups in total. The maximum Gasteiger partial charge on any atom is 0.260 e. The van der Waals surface area contributed by atoms with Crippen LogP contribution in [-0.2, 0) is 0 Å². The number of H-pyrrole nitrogens is 1. The monoisotopic (exact) mass is 352 g/mol. The van der Waals surface area contributed by atoms with Crippen LogP contribution in [0.2, 0.25) is 5.02 Å². The number of thiophene rings is 1. The van der Waals surface area contributed by atoms with Gasteiger partial charge in [-0.15, -0.1) is 11.3 Å². The standard InChI is InChI=1S/C16H14ClFN2O2S/c1-7-9(3)23-16-13(7)15(21)19-14(20-16)8(2)22-12-5-4-10(18)6-11(12)17/h4-6,8H,1-3H3,(H,19,20,21)/t8-/m1/s1. The van der Waals surface area contributed by atoms with Gasteiger partial charge in [0.1, 0.15) is 16.4 Å². The number of nitrogens with zero attached hydrogens (tertiary/aromatic N) is 1. The molecule has 0 spiro atoms. The molecule has 0 amide bonds. The van der Waals surface area contributed by atoms with Crippen LogP contribution in [0.5, 0.6) is 5.75 Å². The third-order valence-corrected chi connectivity index (χ3v) is 5.04. The van der Waals surface area contributed by atoms with E-state index in [2.05, 4.69) is 9.97 Å². The van der Waals surface area contributed by atoms with E-state index in [-0.39, 0.29) is 10.6 Å². The Bertz CT molecular complexity index is 951. The number of hydrogen-bond acceptors (Lipinski definition) is 4. The van der Waals surface area contributed by atoms with Gasteiger partial charge >= 0.3 is 0 Å². The molecule has 2 heterocycles. The minimum atomic E-state index is -0.530. The molecule has 1 aromatic carbocycles. The van der Waals surface area contributed by atoms with Gasteiger partial charge in [0.2, 0.25) is 0 Å². The summed E-state index contributed by atoms with van der Waals surface area (Å²) >= 11 is 7.43. The minimum Gasteiger partial charge on any atom is -0.481 e. The van der Waals surface area contributed by atoms with E-state index in [9.17, 15) is 9.18 Å². The average Bonchev–Trinajstić information content (AvgIpc) is 2.77. The lowest BCUT2D eigenvalue weighted by Crippen LogP contribution is -2.16. The molecule has 23 heavy (non-hydrogen) atoms. The molecule has 0 fully saturated rings. The Kier molecular flexibility index (Phi) is 4.12. The lowest BCUT2D eigenvalue weighted by molar-refractivity contribution is 0.216. The number of nitrogens with one attached hydrogen (secondary N) is 1. The summed E-state index contributed by atoms with van der Waals surface area (Å²) < 4.78 is 18.8. The molecule has 1 atom stereocenters. The molecule has 3 aromatic rings. The number of aryl methyl sites for hydroxylation is 2. The van der Waals surface area contributed by atoms with Crippen molar-refractivity contribution in [1.82, 2.24) is 9.97 Å². The van der Waals surface area contributed by atoms with Gasteiger partial charge in [-0.25, -0.2) is 9.37 Å². The van der Waals surface area contributed by atoms with E-state index in [0.29, 0.717) is 21.8 Å². The highest BCUT2D eigenvalue weighted by atomic mass is 35.5. The zero-order valence-corrected chi connectivity index (χ0v) is 14.3.